The van der Waals surface area contributed by atoms with Crippen molar-refractivity contribution in [1.29, 1.82) is 0 Å². The molecule has 0 aliphatic carbocycles. The maximum Gasteiger partial charge on any atom is 0.137 e. The van der Waals surface area contributed by atoms with E-state index in [4.69, 9.17) is 0 Å². The van der Waals surface area contributed by atoms with Gasteiger partial charge in [0.15, 0.2) is 0 Å². The van der Waals surface area contributed by atoms with Crippen LogP contribution < -0.4 is 0 Å². The summed E-state index contributed by atoms with van der Waals surface area (Å²) < 4.78 is 0. The van der Waals surface area contributed by atoms with Crippen LogP contribution in [-0.2, 0) is 0 Å². The molecular weight excluding hydrogens is 224 g/mol. The Kier molecular flexibility index (Phi) is 1.80. The predicted octanol–water partition coefficient (Wildman–Crippen LogP) is 3.11. The summed E-state index contributed by atoms with van der Waals surface area (Å²) in [6, 6.07) is 10.2. The lowest BCUT2D eigenvalue weighted by Crippen LogP contribution is -1.86. The van der Waals surface area contributed by atoms with E-state index in [0.717, 1.165) is 33.3 Å². The Morgan fingerprint density at radius 1 is 0.833 bits per heavy atom. The SMILES string of the molecule is c1cc(-c2ccc3cc[nH]c3n2)c2cc[nH]c2n1. The van der Waals surface area contributed by atoms with Gasteiger partial charge in [-0.15, -0.1) is 0 Å². The van der Waals surface area contributed by atoms with Crippen molar-refractivity contribution in [3.05, 3.63) is 48.9 Å². The van der Waals surface area contributed by atoms with Gasteiger partial charge in [0.2, 0.25) is 0 Å². The Morgan fingerprint density at radius 3 is 2.72 bits per heavy atom. The van der Waals surface area contributed by atoms with Crippen LogP contribution in [0.1, 0.15) is 0 Å². The topological polar surface area (TPSA) is 57.4 Å². The highest BCUT2D eigenvalue weighted by molar-refractivity contribution is 5.93. The number of pyridine rings is 2. The quantitative estimate of drug-likeness (QED) is 0.531. The summed E-state index contributed by atoms with van der Waals surface area (Å²) in [6.45, 7) is 0. The van der Waals surface area contributed by atoms with E-state index in [1.165, 1.54) is 0 Å². The van der Waals surface area contributed by atoms with E-state index in [9.17, 15) is 0 Å². The van der Waals surface area contributed by atoms with E-state index in [1.54, 1.807) is 6.20 Å². The third kappa shape index (κ3) is 1.26. The van der Waals surface area contributed by atoms with Crippen molar-refractivity contribution >= 4 is 22.1 Å². The van der Waals surface area contributed by atoms with Gasteiger partial charge in [-0.25, -0.2) is 9.97 Å². The van der Waals surface area contributed by atoms with E-state index in [2.05, 4.69) is 26.0 Å². The summed E-state index contributed by atoms with van der Waals surface area (Å²) in [4.78, 5) is 15.2. The Labute approximate surface area is 103 Å². The molecule has 4 nitrogen and oxygen atoms in total. The molecule has 86 valence electrons. The first kappa shape index (κ1) is 9.41. The first-order valence-corrected chi connectivity index (χ1v) is 5.78. The highest BCUT2D eigenvalue weighted by Crippen LogP contribution is 2.26. The van der Waals surface area contributed by atoms with E-state index >= 15 is 0 Å². The summed E-state index contributed by atoms with van der Waals surface area (Å²) in [5.74, 6) is 0. The Bertz CT molecular complexity index is 841. The molecule has 4 aromatic heterocycles. The van der Waals surface area contributed by atoms with Gasteiger partial charge in [-0.3, -0.25) is 0 Å². The molecule has 4 heteroatoms. The third-order valence-electron chi connectivity index (χ3n) is 3.15. The van der Waals surface area contributed by atoms with Crippen LogP contribution in [0.15, 0.2) is 48.9 Å². The van der Waals surface area contributed by atoms with E-state index in [1.807, 2.05) is 36.7 Å². The number of hydrogen-bond acceptors (Lipinski definition) is 2. The first-order valence-electron chi connectivity index (χ1n) is 5.78. The fourth-order valence-electron chi connectivity index (χ4n) is 2.26. The van der Waals surface area contributed by atoms with Gasteiger partial charge >= 0.3 is 0 Å². The second kappa shape index (κ2) is 3.43. The fourth-order valence-corrected chi connectivity index (χ4v) is 2.26. The molecule has 0 saturated heterocycles. The Hall–Kier alpha value is -2.62. The zero-order valence-electron chi connectivity index (χ0n) is 9.51. The lowest BCUT2D eigenvalue weighted by Gasteiger charge is -2.02. The highest BCUT2D eigenvalue weighted by Gasteiger charge is 2.07. The Morgan fingerprint density at radius 2 is 1.72 bits per heavy atom. The maximum atomic E-state index is 4.64. The van der Waals surface area contributed by atoms with Crippen molar-refractivity contribution < 1.29 is 0 Å². The first-order chi connectivity index (χ1) is 8.92. The number of nitrogens with one attached hydrogen (secondary N) is 2. The molecular formula is C14H10N4. The molecule has 0 aliphatic heterocycles. The van der Waals surface area contributed by atoms with Crippen molar-refractivity contribution in [1.82, 2.24) is 19.9 Å². The van der Waals surface area contributed by atoms with Crippen LogP contribution in [0.2, 0.25) is 0 Å². The average molecular weight is 234 g/mol. The Balaban J connectivity index is 2.03. The van der Waals surface area contributed by atoms with Crippen LogP contribution in [0.4, 0.5) is 0 Å². The maximum absolute atomic E-state index is 4.64. The van der Waals surface area contributed by atoms with Gasteiger partial charge in [0, 0.05) is 34.9 Å². The van der Waals surface area contributed by atoms with Crippen molar-refractivity contribution in [2.75, 3.05) is 0 Å². The number of rotatable bonds is 1. The monoisotopic (exact) mass is 234 g/mol. The molecule has 0 aromatic carbocycles. The summed E-state index contributed by atoms with van der Waals surface area (Å²) >= 11 is 0. The molecule has 18 heavy (non-hydrogen) atoms. The predicted molar refractivity (Wildman–Crippen MR) is 71.2 cm³/mol. The molecule has 0 aliphatic rings. The minimum Gasteiger partial charge on any atom is -0.346 e. The molecule has 4 aromatic rings. The van der Waals surface area contributed by atoms with Crippen LogP contribution in [0.3, 0.4) is 0 Å². The molecule has 0 radical (unpaired) electrons. The van der Waals surface area contributed by atoms with Gasteiger partial charge in [-0.05, 0) is 30.3 Å². The number of H-pyrrole nitrogens is 2. The van der Waals surface area contributed by atoms with Crippen LogP contribution in [0.5, 0.6) is 0 Å². The molecule has 0 bridgehead atoms. The standard InChI is InChI=1S/C14H10N4/c1-2-12(18-13-9(1)3-6-15-13)10-4-7-16-14-11(10)5-8-17-14/h1-8H,(H,15,18)(H,16,17). The lowest BCUT2D eigenvalue weighted by atomic mass is 10.1. The van der Waals surface area contributed by atoms with Gasteiger partial charge < -0.3 is 9.97 Å². The van der Waals surface area contributed by atoms with Crippen molar-refractivity contribution in [3.8, 4) is 11.3 Å². The number of nitrogens with zero attached hydrogens (tertiary/aromatic N) is 2. The minimum atomic E-state index is 0.890. The second-order valence-electron chi connectivity index (χ2n) is 4.21. The number of aromatic amines is 2. The molecule has 0 saturated carbocycles. The van der Waals surface area contributed by atoms with Crippen molar-refractivity contribution in [2.45, 2.75) is 0 Å². The molecule has 0 amide bonds. The highest BCUT2D eigenvalue weighted by atomic mass is 14.9. The zero-order chi connectivity index (χ0) is 11.9. The molecule has 4 heterocycles. The van der Waals surface area contributed by atoms with Crippen molar-refractivity contribution in [3.63, 3.8) is 0 Å². The average Bonchev–Trinajstić information content (AvgIpc) is 3.05. The molecule has 0 atom stereocenters. The normalized spacial score (nSPS) is 11.3. The molecule has 0 unspecified atom stereocenters. The smallest absolute Gasteiger partial charge is 0.137 e. The van der Waals surface area contributed by atoms with Crippen LogP contribution in [0.25, 0.3) is 33.3 Å². The van der Waals surface area contributed by atoms with Gasteiger partial charge in [0.25, 0.3) is 0 Å². The summed E-state index contributed by atoms with van der Waals surface area (Å²) in [5.41, 5.74) is 3.85. The fraction of sp³-hybridized carbons (Fsp3) is 0. The van der Waals surface area contributed by atoms with E-state index in [-0.39, 0.29) is 0 Å². The summed E-state index contributed by atoms with van der Waals surface area (Å²) in [5, 5.41) is 2.22. The number of hydrogen-bond donors (Lipinski definition) is 2. The van der Waals surface area contributed by atoms with E-state index < -0.39 is 0 Å². The summed E-state index contributed by atoms with van der Waals surface area (Å²) in [7, 11) is 0. The van der Waals surface area contributed by atoms with Crippen LogP contribution >= 0.6 is 0 Å². The molecule has 0 spiro atoms. The van der Waals surface area contributed by atoms with Gasteiger partial charge in [-0.2, -0.15) is 0 Å². The van der Waals surface area contributed by atoms with E-state index in [0.29, 0.717) is 0 Å². The lowest BCUT2D eigenvalue weighted by molar-refractivity contribution is 1.30. The number of fused-ring (bicyclic) bond motifs is 2. The van der Waals surface area contributed by atoms with Crippen LogP contribution in [0, 0.1) is 0 Å². The third-order valence-corrected chi connectivity index (χ3v) is 3.15. The number of aromatic nitrogens is 4. The molecule has 4 rings (SSSR count). The van der Waals surface area contributed by atoms with Gasteiger partial charge in [-0.1, -0.05) is 0 Å². The molecule has 0 fully saturated rings. The minimum absolute atomic E-state index is 0.890. The van der Waals surface area contributed by atoms with Gasteiger partial charge in [0.05, 0.1) is 5.69 Å². The zero-order valence-corrected chi connectivity index (χ0v) is 9.51. The second-order valence-corrected chi connectivity index (χ2v) is 4.21. The van der Waals surface area contributed by atoms with Crippen molar-refractivity contribution in [2.24, 2.45) is 0 Å². The summed E-state index contributed by atoms with van der Waals surface area (Å²) in [6.07, 6.45) is 5.60. The molecule has 2 N–H and O–H groups in total. The van der Waals surface area contributed by atoms with Crippen LogP contribution in [-0.4, -0.2) is 19.9 Å². The largest absolute Gasteiger partial charge is 0.346 e. The van der Waals surface area contributed by atoms with Gasteiger partial charge in [0.1, 0.15) is 11.3 Å².